The molecule has 0 unspecified atom stereocenters. The Kier molecular flexibility index (Phi) is 2.98. The highest BCUT2D eigenvalue weighted by atomic mass is 16.4. The number of nitrogens with zero attached hydrogens (tertiary/aromatic N) is 2. The average molecular weight is 200 g/mol. The maximum atomic E-state index is 11.6. The van der Waals surface area contributed by atoms with E-state index in [-0.39, 0.29) is 18.0 Å². The Bertz CT molecular complexity index is 246. The third-order valence-electron chi connectivity index (χ3n) is 2.58. The predicted molar refractivity (Wildman–Crippen MR) is 51.0 cm³/mol. The predicted octanol–water partition coefficient (Wildman–Crippen LogP) is 0.463. The van der Waals surface area contributed by atoms with Crippen molar-refractivity contribution in [3.63, 3.8) is 0 Å². The van der Waals surface area contributed by atoms with Gasteiger partial charge in [0, 0.05) is 26.2 Å². The van der Waals surface area contributed by atoms with Crippen molar-refractivity contribution in [2.45, 2.75) is 19.9 Å². The van der Waals surface area contributed by atoms with Gasteiger partial charge in [0.2, 0.25) is 0 Å². The molecule has 1 rings (SSSR count). The lowest BCUT2D eigenvalue weighted by Gasteiger charge is -2.39. The molecule has 5 heteroatoms. The largest absolute Gasteiger partial charge is 0.481 e. The maximum Gasteiger partial charge on any atom is 0.320 e. The normalized spacial score (nSPS) is 16.7. The van der Waals surface area contributed by atoms with Crippen LogP contribution in [0.3, 0.4) is 0 Å². The van der Waals surface area contributed by atoms with Crippen LogP contribution in [0.15, 0.2) is 0 Å². The lowest BCUT2D eigenvalue weighted by Crippen LogP contribution is -2.57. The standard InChI is InChI=1S/C9H16N2O3/c1-6(2)10(3)9(14)11-4-7(5-11)8(12)13/h6-7H,4-5H2,1-3H3,(H,12,13). The Hall–Kier alpha value is -1.26. The molecule has 1 saturated heterocycles. The van der Waals surface area contributed by atoms with Gasteiger partial charge in [0.25, 0.3) is 0 Å². The highest BCUT2D eigenvalue weighted by Crippen LogP contribution is 2.17. The third kappa shape index (κ3) is 1.97. The number of aliphatic carboxylic acids is 1. The molecule has 5 nitrogen and oxygen atoms in total. The molecule has 0 aromatic rings. The van der Waals surface area contributed by atoms with Crippen molar-refractivity contribution in [3.8, 4) is 0 Å². The molecule has 1 N–H and O–H groups in total. The number of carboxylic acid groups (broad SMARTS) is 1. The number of rotatable bonds is 2. The monoisotopic (exact) mass is 200 g/mol. The molecule has 0 bridgehead atoms. The van der Waals surface area contributed by atoms with E-state index in [1.807, 2.05) is 13.8 Å². The second-order valence-electron chi connectivity index (χ2n) is 3.93. The summed E-state index contributed by atoms with van der Waals surface area (Å²) in [5.41, 5.74) is 0. The fraction of sp³-hybridized carbons (Fsp3) is 0.778. The zero-order valence-electron chi connectivity index (χ0n) is 8.73. The number of urea groups is 1. The van der Waals surface area contributed by atoms with Gasteiger partial charge in [0.1, 0.15) is 0 Å². The molecule has 14 heavy (non-hydrogen) atoms. The van der Waals surface area contributed by atoms with Crippen LogP contribution in [-0.2, 0) is 4.79 Å². The lowest BCUT2D eigenvalue weighted by atomic mass is 10.0. The van der Waals surface area contributed by atoms with Crippen molar-refractivity contribution in [1.29, 1.82) is 0 Å². The summed E-state index contributed by atoms with van der Waals surface area (Å²) in [5, 5.41) is 8.63. The van der Waals surface area contributed by atoms with E-state index in [1.54, 1.807) is 16.8 Å². The number of carbonyl (C=O) groups excluding carboxylic acids is 1. The van der Waals surface area contributed by atoms with Gasteiger partial charge in [-0.2, -0.15) is 0 Å². The number of amides is 2. The second kappa shape index (κ2) is 3.86. The molecular formula is C9H16N2O3. The van der Waals surface area contributed by atoms with Crippen LogP contribution in [0.4, 0.5) is 4.79 Å². The van der Waals surface area contributed by atoms with Crippen molar-refractivity contribution in [2.75, 3.05) is 20.1 Å². The van der Waals surface area contributed by atoms with E-state index >= 15 is 0 Å². The molecule has 0 spiro atoms. The van der Waals surface area contributed by atoms with Crippen molar-refractivity contribution in [1.82, 2.24) is 9.80 Å². The average Bonchev–Trinajstić information content (AvgIpc) is 1.98. The van der Waals surface area contributed by atoms with Crippen LogP contribution in [0.25, 0.3) is 0 Å². The molecule has 0 aliphatic carbocycles. The first-order chi connectivity index (χ1) is 6.43. The van der Waals surface area contributed by atoms with Gasteiger partial charge < -0.3 is 14.9 Å². The molecule has 0 aromatic carbocycles. The summed E-state index contributed by atoms with van der Waals surface area (Å²) in [6.45, 7) is 4.52. The zero-order valence-corrected chi connectivity index (χ0v) is 8.73. The molecular weight excluding hydrogens is 184 g/mol. The highest BCUT2D eigenvalue weighted by molar-refractivity contribution is 5.79. The highest BCUT2D eigenvalue weighted by Gasteiger charge is 2.37. The van der Waals surface area contributed by atoms with Gasteiger partial charge in [-0.1, -0.05) is 0 Å². The summed E-state index contributed by atoms with van der Waals surface area (Å²) in [6, 6.07) is 0.0591. The van der Waals surface area contributed by atoms with Crippen molar-refractivity contribution >= 4 is 12.0 Å². The lowest BCUT2D eigenvalue weighted by molar-refractivity contribution is -0.146. The summed E-state index contributed by atoms with van der Waals surface area (Å²) in [5.74, 6) is -1.19. The molecule has 0 saturated carbocycles. The van der Waals surface area contributed by atoms with Crippen LogP contribution >= 0.6 is 0 Å². The van der Waals surface area contributed by atoms with Gasteiger partial charge in [-0.3, -0.25) is 4.79 Å². The Labute approximate surface area is 83.3 Å². The molecule has 1 aliphatic rings. The van der Waals surface area contributed by atoms with Gasteiger partial charge in [-0.25, -0.2) is 4.79 Å². The minimum Gasteiger partial charge on any atom is -0.481 e. The Morgan fingerprint density at radius 1 is 1.43 bits per heavy atom. The Morgan fingerprint density at radius 2 is 1.93 bits per heavy atom. The Balaban J connectivity index is 2.40. The van der Waals surface area contributed by atoms with Crippen LogP contribution in [0.5, 0.6) is 0 Å². The summed E-state index contributed by atoms with van der Waals surface area (Å²) in [7, 11) is 1.72. The quantitative estimate of drug-likeness (QED) is 0.704. The van der Waals surface area contributed by atoms with E-state index in [9.17, 15) is 9.59 Å². The number of likely N-dealkylation sites (tertiary alicyclic amines) is 1. The summed E-state index contributed by atoms with van der Waals surface area (Å²) in [6.07, 6.45) is 0. The van der Waals surface area contributed by atoms with Crippen LogP contribution < -0.4 is 0 Å². The fourth-order valence-electron chi connectivity index (χ4n) is 1.23. The van der Waals surface area contributed by atoms with Crippen LogP contribution in [0, 0.1) is 5.92 Å². The SMILES string of the molecule is CC(C)N(C)C(=O)N1CC(C(=O)O)C1. The molecule has 1 heterocycles. The molecule has 0 radical (unpaired) electrons. The van der Waals surface area contributed by atoms with E-state index in [0.717, 1.165) is 0 Å². The van der Waals surface area contributed by atoms with E-state index < -0.39 is 5.97 Å². The minimum absolute atomic E-state index is 0.0856. The first-order valence-electron chi connectivity index (χ1n) is 4.68. The van der Waals surface area contributed by atoms with Gasteiger partial charge in [-0.05, 0) is 13.8 Å². The molecule has 1 aliphatic heterocycles. The number of carbonyl (C=O) groups is 2. The van der Waals surface area contributed by atoms with Crippen LogP contribution in [0.1, 0.15) is 13.8 Å². The number of hydrogen-bond donors (Lipinski definition) is 1. The smallest absolute Gasteiger partial charge is 0.320 e. The molecule has 0 aromatic heterocycles. The van der Waals surface area contributed by atoms with Crippen molar-refractivity contribution < 1.29 is 14.7 Å². The van der Waals surface area contributed by atoms with E-state index in [4.69, 9.17) is 5.11 Å². The Morgan fingerprint density at radius 3 is 2.29 bits per heavy atom. The summed E-state index contributed by atoms with van der Waals surface area (Å²) in [4.78, 5) is 25.3. The molecule has 1 fully saturated rings. The van der Waals surface area contributed by atoms with Crippen molar-refractivity contribution in [2.24, 2.45) is 5.92 Å². The van der Waals surface area contributed by atoms with Gasteiger partial charge in [0.15, 0.2) is 0 Å². The second-order valence-corrected chi connectivity index (χ2v) is 3.93. The molecule has 2 amide bonds. The van der Waals surface area contributed by atoms with E-state index in [2.05, 4.69) is 0 Å². The van der Waals surface area contributed by atoms with E-state index in [0.29, 0.717) is 13.1 Å². The van der Waals surface area contributed by atoms with Crippen LogP contribution in [0.2, 0.25) is 0 Å². The first-order valence-corrected chi connectivity index (χ1v) is 4.68. The van der Waals surface area contributed by atoms with Gasteiger partial charge >= 0.3 is 12.0 Å². The third-order valence-corrected chi connectivity index (χ3v) is 2.58. The molecule has 0 atom stereocenters. The topological polar surface area (TPSA) is 60.9 Å². The first kappa shape index (κ1) is 10.8. The van der Waals surface area contributed by atoms with Gasteiger partial charge in [0.05, 0.1) is 5.92 Å². The minimum atomic E-state index is -0.818. The number of carboxylic acids is 1. The maximum absolute atomic E-state index is 11.6. The summed E-state index contributed by atoms with van der Waals surface area (Å²) >= 11 is 0. The van der Waals surface area contributed by atoms with E-state index in [1.165, 1.54) is 0 Å². The van der Waals surface area contributed by atoms with Crippen molar-refractivity contribution in [3.05, 3.63) is 0 Å². The van der Waals surface area contributed by atoms with Gasteiger partial charge in [-0.15, -0.1) is 0 Å². The van der Waals surface area contributed by atoms with Crippen LogP contribution in [-0.4, -0.2) is 53.1 Å². The fourth-order valence-corrected chi connectivity index (χ4v) is 1.23. The molecule has 80 valence electrons. The number of hydrogen-bond acceptors (Lipinski definition) is 2. The zero-order chi connectivity index (χ0) is 10.9. The summed E-state index contributed by atoms with van der Waals surface area (Å²) < 4.78 is 0.